The van der Waals surface area contributed by atoms with Gasteiger partial charge in [0.2, 0.25) is 0 Å². The number of aryl methyl sites for hydroxylation is 2. The van der Waals surface area contributed by atoms with Crippen LogP contribution in [-0.2, 0) is 0 Å². The van der Waals surface area contributed by atoms with E-state index in [9.17, 15) is 4.79 Å². The predicted octanol–water partition coefficient (Wildman–Crippen LogP) is 3.98. The quantitative estimate of drug-likeness (QED) is 0.438. The Morgan fingerprint density at radius 3 is 2.22 bits per heavy atom. The SMILES string of the molecule is CCCCOc1ccc(PC(=O)c2c(C)cccc2C)cc1.[LiH]. The van der Waals surface area contributed by atoms with Crippen LogP contribution >= 0.6 is 8.58 Å². The van der Waals surface area contributed by atoms with E-state index in [0.717, 1.165) is 47.2 Å². The van der Waals surface area contributed by atoms with Crippen molar-refractivity contribution in [3.8, 4) is 5.75 Å². The molecule has 2 aromatic rings. The molecule has 2 nitrogen and oxygen atoms in total. The summed E-state index contributed by atoms with van der Waals surface area (Å²) >= 11 is 0. The van der Waals surface area contributed by atoms with Crippen molar-refractivity contribution >= 4 is 38.3 Å². The number of rotatable bonds is 7. The van der Waals surface area contributed by atoms with Gasteiger partial charge in [0.25, 0.3) is 0 Å². The van der Waals surface area contributed by atoms with Gasteiger partial charge in [-0.1, -0.05) is 43.7 Å². The molecular weight excluding hydrogens is 298 g/mol. The summed E-state index contributed by atoms with van der Waals surface area (Å²) < 4.78 is 5.65. The molecule has 23 heavy (non-hydrogen) atoms. The van der Waals surface area contributed by atoms with Crippen LogP contribution in [0.2, 0.25) is 0 Å². The van der Waals surface area contributed by atoms with Gasteiger partial charge < -0.3 is 4.74 Å². The molecule has 0 N–H and O–H groups in total. The Bertz CT molecular complexity index is 618. The number of carbonyl (C=O) groups is 1. The molecule has 0 radical (unpaired) electrons. The summed E-state index contributed by atoms with van der Waals surface area (Å²) in [4.78, 5) is 12.5. The second-order valence-electron chi connectivity index (χ2n) is 5.45. The van der Waals surface area contributed by atoms with E-state index in [2.05, 4.69) is 6.92 Å². The predicted molar refractivity (Wildman–Crippen MR) is 102 cm³/mol. The van der Waals surface area contributed by atoms with E-state index >= 15 is 0 Å². The fraction of sp³-hybridized carbons (Fsp3) is 0.316. The van der Waals surface area contributed by atoms with Crippen LogP contribution in [0.1, 0.15) is 41.3 Å². The summed E-state index contributed by atoms with van der Waals surface area (Å²) in [5, 5.41) is 1.05. The summed E-state index contributed by atoms with van der Waals surface area (Å²) in [5.41, 5.74) is 3.17. The van der Waals surface area contributed by atoms with Gasteiger partial charge in [0, 0.05) is 5.56 Å². The molecule has 0 amide bonds. The maximum absolute atomic E-state index is 12.5. The molecule has 1 unspecified atom stereocenters. The summed E-state index contributed by atoms with van der Waals surface area (Å²) in [6, 6.07) is 13.9. The minimum atomic E-state index is 0. The molecule has 0 fully saturated rings. The summed E-state index contributed by atoms with van der Waals surface area (Å²) in [6.07, 6.45) is 2.19. The molecule has 1 atom stereocenters. The normalized spacial score (nSPS) is 10.6. The molecular formula is C19H24LiO2P. The Morgan fingerprint density at radius 2 is 1.65 bits per heavy atom. The maximum atomic E-state index is 12.5. The molecule has 0 saturated carbocycles. The first-order valence-corrected chi connectivity index (χ1v) is 8.72. The topological polar surface area (TPSA) is 26.3 Å². The second-order valence-corrected chi connectivity index (χ2v) is 6.73. The Morgan fingerprint density at radius 1 is 1.04 bits per heavy atom. The van der Waals surface area contributed by atoms with Gasteiger partial charge in [0.1, 0.15) is 5.75 Å². The number of carbonyl (C=O) groups excluding carboxylic acids is 1. The molecule has 2 aromatic carbocycles. The third-order valence-corrected chi connectivity index (χ3v) is 4.69. The molecule has 0 aromatic heterocycles. The molecule has 0 spiro atoms. The van der Waals surface area contributed by atoms with Crippen LogP contribution in [0.5, 0.6) is 5.75 Å². The third-order valence-electron chi connectivity index (χ3n) is 3.59. The standard InChI is InChI=1S/C19H23O2P.Li.H/c1-4-5-13-21-16-9-11-17(12-10-16)22-19(20)18-14(2)7-6-8-15(18)3;;/h6-12,22H,4-5,13H2,1-3H3;;. The van der Waals surface area contributed by atoms with E-state index in [-0.39, 0.29) is 33.0 Å². The van der Waals surface area contributed by atoms with E-state index in [1.807, 2.05) is 56.3 Å². The van der Waals surface area contributed by atoms with Gasteiger partial charge >= 0.3 is 18.9 Å². The first kappa shape index (κ1) is 20.0. The first-order valence-electron chi connectivity index (χ1n) is 7.72. The number of benzene rings is 2. The molecule has 0 aliphatic heterocycles. The van der Waals surface area contributed by atoms with Gasteiger partial charge in [0.05, 0.1) is 6.61 Å². The summed E-state index contributed by atoms with van der Waals surface area (Å²) in [7, 11) is 0.153. The van der Waals surface area contributed by atoms with Crippen molar-refractivity contribution < 1.29 is 9.53 Å². The first-order chi connectivity index (χ1) is 10.6. The summed E-state index contributed by atoms with van der Waals surface area (Å²) in [5.74, 6) is 0.876. The van der Waals surface area contributed by atoms with Crippen LogP contribution in [0.15, 0.2) is 42.5 Å². The van der Waals surface area contributed by atoms with Crippen LogP contribution < -0.4 is 10.0 Å². The van der Waals surface area contributed by atoms with Crippen molar-refractivity contribution in [3.63, 3.8) is 0 Å². The molecule has 0 bridgehead atoms. The average molecular weight is 322 g/mol. The third kappa shape index (κ3) is 5.81. The number of hydrogen-bond acceptors (Lipinski definition) is 2. The zero-order chi connectivity index (χ0) is 15.9. The van der Waals surface area contributed by atoms with Crippen molar-refractivity contribution in [2.75, 3.05) is 6.61 Å². The molecule has 2 rings (SSSR count). The summed E-state index contributed by atoms with van der Waals surface area (Å²) in [6.45, 7) is 6.89. The number of hydrogen-bond donors (Lipinski definition) is 0. The molecule has 0 aliphatic carbocycles. The van der Waals surface area contributed by atoms with Gasteiger partial charge in [-0.15, -0.1) is 0 Å². The van der Waals surface area contributed by atoms with E-state index in [1.54, 1.807) is 0 Å². The zero-order valence-electron chi connectivity index (χ0n) is 13.5. The number of unbranched alkanes of at least 4 members (excludes halogenated alkanes) is 1. The van der Waals surface area contributed by atoms with Crippen molar-refractivity contribution in [3.05, 3.63) is 59.2 Å². The van der Waals surface area contributed by atoms with Gasteiger partial charge in [-0.3, -0.25) is 4.79 Å². The molecule has 118 valence electrons. The number of ether oxygens (including phenoxy) is 1. The fourth-order valence-electron chi connectivity index (χ4n) is 2.34. The Labute approximate surface area is 153 Å². The van der Waals surface area contributed by atoms with Crippen molar-refractivity contribution in [1.29, 1.82) is 0 Å². The monoisotopic (exact) mass is 322 g/mol. The van der Waals surface area contributed by atoms with E-state index in [0.29, 0.717) is 0 Å². The minimum absolute atomic E-state index is 0. The van der Waals surface area contributed by atoms with Gasteiger partial charge in [0.15, 0.2) is 5.52 Å². The van der Waals surface area contributed by atoms with E-state index < -0.39 is 0 Å². The van der Waals surface area contributed by atoms with E-state index in [1.165, 1.54) is 0 Å². The van der Waals surface area contributed by atoms with Crippen molar-refractivity contribution in [1.82, 2.24) is 0 Å². The van der Waals surface area contributed by atoms with Crippen LogP contribution in [0.4, 0.5) is 0 Å². The molecule has 0 heterocycles. The molecule has 0 aliphatic rings. The Balaban J connectivity index is 0.00000264. The Kier molecular flexibility index (Phi) is 8.64. The molecule has 0 saturated heterocycles. The van der Waals surface area contributed by atoms with Crippen LogP contribution in [0, 0.1) is 13.8 Å². The van der Waals surface area contributed by atoms with Crippen molar-refractivity contribution in [2.24, 2.45) is 0 Å². The van der Waals surface area contributed by atoms with Gasteiger partial charge in [-0.2, -0.15) is 0 Å². The van der Waals surface area contributed by atoms with E-state index in [4.69, 9.17) is 4.74 Å². The zero-order valence-corrected chi connectivity index (χ0v) is 14.5. The van der Waals surface area contributed by atoms with Crippen LogP contribution in [-0.4, -0.2) is 31.0 Å². The average Bonchev–Trinajstić information content (AvgIpc) is 2.49. The molecule has 4 heteroatoms. The van der Waals surface area contributed by atoms with Crippen LogP contribution in [0.25, 0.3) is 0 Å². The van der Waals surface area contributed by atoms with Gasteiger partial charge in [-0.25, -0.2) is 0 Å². The van der Waals surface area contributed by atoms with Crippen LogP contribution in [0.3, 0.4) is 0 Å². The fourth-order valence-corrected chi connectivity index (χ4v) is 3.45. The van der Waals surface area contributed by atoms with Gasteiger partial charge in [-0.05, 0) is 57.4 Å². The second kappa shape index (κ2) is 9.94. The Hall–Kier alpha value is -1.06. The van der Waals surface area contributed by atoms with Crippen molar-refractivity contribution in [2.45, 2.75) is 33.6 Å².